The average Bonchev–Trinajstić information content (AvgIpc) is 2.74. The number of carbonyl (C=O) groups is 2. The second kappa shape index (κ2) is 9.59. The van der Waals surface area contributed by atoms with Crippen LogP contribution in [-0.2, 0) is 11.4 Å². The first-order chi connectivity index (χ1) is 14.5. The smallest absolute Gasteiger partial charge is 0.255 e. The Labute approximate surface area is 179 Å². The van der Waals surface area contributed by atoms with Crippen LogP contribution in [0.25, 0.3) is 0 Å². The number of nitriles is 1. The Hall–Kier alpha value is -3.82. The van der Waals surface area contributed by atoms with E-state index < -0.39 is 0 Å². The van der Waals surface area contributed by atoms with Crippen LogP contribution in [0.4, 0.5) is 11.4 Å². The van der Waals surface area contributed by atoms with Crippen molar-refractivity contribution < 1.29 is 14.3 Å². The summed E-state index contributed by atoms with van der Waals surface area (Å²) in [7, 11) is 0. The maximum Gasteiger partial charge on any atom is 0.255 e. The van der Waals surface area contributed by atoms with Gasteiger partial charge in [0.05, 0.1) is 16.3 Å². The molecule has 3 rings (SSSR count). The second-order valence-corrected chi connectivity index (χ2v) is 6.83. The van der Waals surface area contributed by atoms with Crippen LogP contribution in [-0.4, -0.2) is 11.8 Å². The van der Waals surface area contributed by atoms with E-state index in [-0.39, 0.29) is 18.4 Å². The number of anilines is 2. The van der Waals surface area contributed by atoms with E-state index in [0.717, 1.165) is 5.56 Å². The molecule has 0 fully saturated rings. The molecule has 30 heavy (non-hydrogen) atoms. The summed E-state index contributed by atoms with van der Waals surface area (Å²) in [6.45, 7) is 1.62. The van der Waals surface area contributed by atoms with Gasteiger partial charge in [0.25, 0.3) is 5.91 Å². The molecule has 2 N–H and O–H groups in total. The SMILES string of the molecule is CC(=O)Nc1ccc(NC(=O)c2cccc(COc3ccccc3C#N)c2)c(Cl)c1. The van der Waals surface area contributed by atoms with Gasteiger partial charge in [0, 0.05) is 18.2 Å². The number of carbonyl (C=O) groups excluding carboxylic acids is 2. The molecule has 7 heteroatoms. The van der Waals surface area contributed by atoms with Crippen molar-refractivity contribution in [3.63, 3.8) is 0 Å². The first-order valence-electron chi connectivity index (χ1n) is 9.05. The molecule has 0 aliphatic heterocycles. The summed E-state index contributed by atoms with van der Waals surface area (Å²) in [4.78, 5) is 23.8. The first kappa shape index (κ1) is 20.9. The molecule has 0 saturated heterocycles. The van der Waals surface area contributed by atoms with E-state index >= 15 is 0 Å². The number of ether oxygens (including phenoxy) is 1. The first-order valence-corrected chi connectivity index (χ1v) is 9.43. The summed E-state index contributed by atoms with van der Waals surface area (Å²) in [6.07, 6.45) is 0. The van der Waals surface area contributed by atoms with Crippen molar-refractivity contribution in [2.75, 3.05) is 10.6 Å². The Morgan fingerprint density at radius 3 is 2.57 bits per heavy atom. The number of para-hydroxylation sites is 1. The largest absolute Gasteiger partial charge is 0.488 e. The highest BCUT2D eigenvalue weighted by Crippen LogP contribution is 2.26. The molecule has 0 aliphatic rings. The highest BCUT2D eigenvalue weighted by Gasteiger charge is 2.11. The van der Waals surface area contributed by atoms with Crippen LogP contribution < -0.4 is 15.4 Å². The van der Waals surface area contributed by atoms with E-state index in [1.807, 2.05) is 6.07 Å². The third-order valence-electron chi connectivity index (χ3n) is 4.13. The Morgan fingerprint density at radius 1 is 1.03 bits per heavy atom. The fourth-order valence-corrected chi connectivity index (χ4v) is 2.97. The van der Waals surface area contributed by atoms with Gasteiger partial charge in [-0.05, 0) is 48.0 Å². The van der Waals surface area contributed by atoms with E-state index in [0.29, 0.717) is 33.3 Å². The highest BCUT2D eigenvalue weighted by molar-refractivity contribution is 6.34. The molecule has 0 unspecified atom stereocenters. The topological polar surface area (TPSA) is 91.2 Å². The molecule has 0 bridgehead atoms. The van der Waals surface area contributed by atoms with Gasteiger partial charge in [-0.1, -0.05) is 35.9 Å². The van der Waals surface area contributed by atoms with Gasteiger partial charge < -0.3 is 15.4 Å². The minimum atomic E-state index is -0.330. The number of halogens is 1. The van der Waals surface area contributed by atoms with Crippen molar-refractivity contribution >= 4 is 34.8 Å². The maximum atomic E-state index is 12.6. The molecular formula is C23H18ClN3O3. The zero-order valence-corrected chi connectivity index (χ0v) is 16.9. The molecule has 0 heterocycles. The molecule has 0 aliphatic carbocycles. The monoisotopic (exact) mass is 419 g/mol. The van der Waals surface area contributed by atoms with Crippen LogP contribution >= 0.6 is 11.6 Å². The summed E-state index contributed by atoms with van der Waals surface area (Å²) in [5.74, 6) is -0.0522. The number of rotatable bonds is 6. The van der Waals surface area contributed by atoms with Crippen LogP contribution in [0.3, 0.4) is 0 Å². The number of amides is 2. The number of benzene rings is 3. The van der Waals surface area contributed by atoms with Crippen LogP contribution in [0.15, 0.2) is 66.7 Å². The Morgan fingerprint density at radius 2 is 1.83 bits per heavy atom. The summed E-state index contributed by atoms with van der Waals surface area (Å²) in [5.41, 5.74) is 2.64. The van der Waals surface area contributed by atoms with Crippen molar-refractivity contribution in [3.8, 4) is 11.8 Å². The molecule has 0 radical (unpaired) electrons. The lowest BCUT2D eigenvalue weighted by Gasteiger charge is -2.11. The second-order valence-electron chi connectivity index (χ2n) is 6.43. The van der Waals surface area contributed by atoms with Gasteiger partial charge in [-0.25, -0.2) is 0 Å². The van der Waals surface area contributed by atoms with Crippen LogP contribution in [0.5, 0.6) is 5.75 Å². The molecule has 6 nitrogen and oxygen atoms in total. The van der Waals surface area contributed by atoms with Crippen molar-refractivity contribution in [2.45, 2.75) is 13.5 Å². The van der Waals surface area contributed by atoms with Gasteiger partial charge in [0.15, 0.2) is 0 Å². The van der Waals surface area contributed by atoms with Crippen LogP contribution in [0, 0.1) is 11.3 Å². The predicted molar refractivity (Wildman–Crippen MR) is 116 cm³/mol. The maximum absolute atomic E-state index is 12.6. The van der Waals surface area contributed by atoms with Gasteiger partial charge >= 0.3 is 0 Å². The standard InChI is InChI=1S/C23H18ClN3O3/c1-15(28)26-19-9-10-21(20(24)12-19)27-23(29)17-7-4-5-16(11-17)14-30-22-8-3-2-6-18(22)13-25/h2-12H,14H2,1H3,(H,26,28)(H,27,29). The lowest BCUT2D eigenvalue weighted by atomic mass is 10.1. The minimum absolute atomic E-state index is 0.209. The normalized spacial score (nSPS) is 10.0. The van der Waals surface area contributed by atoms with Crippen molar-refractivity contribution in [1.82, 2.24) is 0 Å². The van der Waals surface area contributed by atoms with Crippen LogP contribution in [0.1, 0.15) is 28.4 Å². The fraction of sp³-hybridized carbons (Fsp3) is 0.0870. The van der Waals surface area contributed by atoms with Crippen molar-refractivity contribution in [1.29, 1.82) is 5.26 Å². The van der Waals surface area contributed by atoms with Gasteiger partial charge in [-0.2, -0.15) is 5.26 Å². The molecule has 3 aromatic carbocycles. The van der Waals surface area contributed by atoms with Crippen molar-refractivity contribution in [3.05, 3.63) is 88.4 Å². The highest BCUT2D eigenvalue weighted by atomic mass is 35.5. The van der Waals surface area contributed by atoms with Gasteiger partial charge in [-0.3, -0.25) is 9.59 Å². The van der Waals surface area contributed by atoms with Gasteiger partial charge in [0.2, 0.25) is 5.91 Å². The lowest BCUT2D eigenvalue weighted by molar-refractivity contribution is -0.114. The molecule has 2 amide bonds. The third kappa shape index (κ3) is 5.37. The van der Waals surface area contributed by atoms with E-state index in [9.17, 15) is 9.59 Å². The summed E-state index contributed by atoms with van der Waals surface area (Å²) in [6, 6.07) is 20.9. The molecule has 0 aromatic heterocycles. The average molecular weight is 420 g/mol. The molecule has 0 atom stereocenters. The number of hydrogen-bond donors (Lipinski definition) is 2. The Kier molecular flexibility index (Phi) is 6.68. The van der Waals surface area contributed by atoms with Gasteiger partial charge in [0.1, 0.15) is 18.4 Å². The van der Waals surface area contributed by atoms with E-state index in [1.54, 1.807) is 60.7 Å². The van der Waals surface area contributed by atoms with E-state index in [2.05, 4.69) is 16.7 Å². The lowest BCUT2D eigenvalue weighted by Crippen LogP contribution is -2.13. The Bertz CT molecular complexity index is 1140. The molecule has 3 aromatic rings. The predicted octanol–water partition coefficient (Wildman–Crippen LogP) is 5.00. The molecule has 0 saturated carbocycles. The quantitative estimate of drug-likeness (QED) is 0.588. The van der Waals surface area contributed by atoms with Crippen LogP contribution in [0.2, 0.25) is 5.02 Å². The number of nitrogens with zero attached hydrogens (tertiary/aromatic N) is 1. The number of hydrogen-bond acceptors (Lipinski definition) is 4. The van der Waals surface area contributed by atoms with E-state index in [4.69, 9.17) is 21.6 Å². The zero-order chi connectivity index (χ0) is 21.5. The minimum Gasteiger partial charge on any atom is -0.488 e. The zero-order valence-electron chi connectivity index (χ0n) is 16.1. The molecule has 0 spiro atoms. The molecular weight excluding hydrogens is 402 g/mol. The van der Waals surface area contributed by atoms with E-state index in [1.165, 1.54) is 6.92 Å². The summed E-state index contributed by atoms with van der Waals surface area (Å²) in [5, 5.41) is 14.8. The third-order valence-corrected chi connectivity index (χ3v) is 4.44. The summed E-state index contributed by atoms with van der Waals surface area (Å²) >= 11 is 6.21. The Balaban J connectivity index is 1.69. The number of nitrogens with one attached hydrogen (secondary N) is 2. The fourth-order valence-electron chi connectivity index (χ4n) is 2.74. The summed E-state index contributed by atoms with van der Waals surface area (Å²) < 4.78 is 5.72. The van der Waals surface area contributed by atoms with Gasteiger partial charge in [-0.15, -0.1) is 0 Å². The molecule has 150 valence electrons. The van der Waals surface area contributed by atoms with Crippen molar-refractivity contribution in [2.24, 2.45) is 0 Å².